The van der Waals surface area contributed by atoms with E-state index in [1.165, 1.54) is 22.9 Å². The number of methoxy groups -OCH3 is 1. The molecule has 1 aromatic rings. The molecule has 1 N–H and O–H groups in total. The molecular weight excluding hydrogens is 290 g/mol. The molecule has 1 aromatic heterocycles. The number of rotatable bonds is 5. The third kappa shape index (κ3) is 2.76. The standard InChI is InChI=1S/C14H19N3O5/c1-4-5-6-22-12-10-13(19)16(2)8-15-17(10)7-9(11(12)18)14(20)21-3/h7,15H,4-6,8H2,1-3H3. The van der Waals surface area contributed by atoms with Crippen molar-refractivity contribution >= 4 is 11.9 Å². The number of ether oxygens (including phenoxy) is 2. The number of aromatic nitrogens is 1. The largest absolute Gasteiger partial charge is 0.487 e. The molecule has 0 bridgehead atoms. The number of carbonyl (C=O) groups is 2. The lowest BCUT2D eigenvalue weighted by atomic mass is 10.2. The van der Waals surface area contributed by atoms with E-state index in [0.29, 0.717) is 6.61 Å². The van der Waals surface area contributed by atoms with Gasteiger partial charge in [0.15, 0.2) is 11.4 Å². The number of pyridine rings is 1. The van der Waals surface area contributed by atoms with Crippen LogP contribution < -0.4 is 15.6 Å². The van der Waals surface area contributed by atoms with Crippen LogP contribution in [0.4, 0.5) is 0 Å². The van der Waals surface area contributed by atoms with Crippen molar-refractivity contribution in [1.82, 2.24) is 9.58 Å². The molecule has 8 nitrogen and oxygen atoms in total. The second-order valence-corrected chi connectivity index (χ2v) is 4.93. The summed E-state index contributed by atoms with van der Waals surface area (Å²) in [6.07, 6.45) is 2.88. The first-order chi connectivity index (χ1) is 10.5. The molecule has 0 radical (unpaired) electrons. The Labute approximate surface area is 127 Å². The molecule has 1 amide bonds. The summed E-state index contributed by atoms with van der Waals surface area (Å²) >= 11 is 0. The summed E-state index contributed by atoms with van der Waals surface area (Å²) < 4.78 is 11.5. The topological polar surface area (TPSA) is 89.9 Å². The van der Waals surface area contributed by atoms with Crippen LogP contribution in [0.3, 0.4) is 0 Å². The molecule has 0 saturated heterocycles. The number of hydrogen-bond donors (Lipinski definition) is 1. The average Bonchev–Trinajstić information content (AvgIpc) is 2.52. The van der Waals surface area contributed by atoms with Gasteiger partial charge in [-0.2, -0.15) is 0 Å². The van der Waals surface area contributed by atoms with Gasteiger partial charge < -0.3 is 19.8 Å². The predicted molar refractivity (Wildman–Crippen MR) is 78.8 cm³/mol. The molecule has 0 unspecified atom stereocenters. The highest BCUT2D eigenvalue weighted by Crippen LogP contribution is 2.19. The van der Waals surface area contributed by atoms with E-state index in [2.05, 4.69) is 10.2 Å². The first kappa shape index (κ1) is 15.9. The van der Waals surface area contributed by atoms with Crippen LogP contribution in [0.5, 0.6) is 5.75 Å². The lowest BCUT2D eigenvalue weighted by molar-refractivity contribution is 0.0594. The molecule has 1 aliphatic rings. The quantitative estimate of drug-likeness (QED) is 0.625. The van der Waals surface area contributed by atoms with Crippen LogP contribution in [0.1, 0.15) is 40.6 Å². The van der Waals surface area contributed by atoms with E-state index in [4.69, 9.17) is 4.74 Å². The van der Waals surface area contributed by atoms with E-state index in [1.807, 2.05) is 6.92 Å². The summed E-state index contributed by atoms with van der Waals surface area (Å²) in [6.45, 7) is 2.53. The molecule has 8 heteroatoms. The summed E-state index contributed by atoms with van der Waals surface area (Å²) in [5.41, 5.74) is 2.18. The van der Waals surface area contributed by atoms with Crippen molar-refractivity contribution in [1.29, 1.82) is 0 Å². The minimum atomic E-state index is -0.770. The van der Waals surface area contributed by atoms with Crippen LogP contribution in [0.25, 0.3) is 0 Å². The fourth-order valence-corrected chi connectivity index (χ4v) is 2.06. The number of unbranched alkanes of at least 4 members (excludes halogenated alkanes) is 1. The van der Waals surface area contributed by atoms with E-state index in [0.717, 1.165) is 12.8 Å². The Hall–Kier alpha value is -2.51. The van der Waals surface area contributed by atoms with Gasteiger partial charge in [-0.05, 0) is 6.42 Å². The van der Waals surface area contributed by atoms with Crippen molar-refractivity contribution in [2.75, 3.05) is 32.9 Å². The molecule has 0 atom stereocenters. The van der Waals surface area contributed by atoms with Crippen LogP contribution >= 0.6 is 0 Å². The van der Waals surface area contributed by atoms with E-state index in [-0.39, 0.29) is 29.6 Å². The lowest BCUT2D eigenvalue weighted by Gasteiger charge is -2.29. The molecule has 0 spiro atoms. The average molecular weight is 309 g/mol. The third-order valence-electron chi connectivity index (χ3n) is 3.34. The Morgan fingerprint density at radius 3 is 2.77 bits per heavy atom. The number of amides is 1. The Balaban J connectivity index is 2.57. The molecule has 2 heterocycles. The van der Waals surface area contributed by atoms with Gasteiger partial charge in [0.2, 0.25) is 5.43 Å². The van der Waals surface area contributed by atoms with Crippen LogP contribution in [0, 0.1) is 0 Å². The second-order valence-electron chi connectivity index (χ2n) is 4.93. The van der Waals surface area contributed by atoms with E-state index in [1.54, 1.807) is 7.05 Å². The van der Waals surface area contributed by atoms with Gasteiger partial charge in [0.05, 0.1) is 13.7 Å². The normalized spacial score (nSPS) is 13.4. The number of fused-ring (bicyclic) bond motifs is 1. The maximum atomic E-state index is 12.4. The van der Waals surface area contributed by atoms with Gasteiger partial charge in [0.25, 0.3) is 5.91 Å². The zero-order valence-corrected chi connectivity index (χ0v) is 12.8. The van der Waals surface area contributed by atoms with Crippen molar-refractivity contribution in [3.05, 3.63) is 27.7 Å². The predicted octanol–water partition coefficient (Wildman–Crippen LogP) is 0.400. The first-order valence-corrected chi connectivity index (χ1v) is 7.01. The van der Waals surface area contributed by atoms with Crippen molar-refractivity contribution < 1.29 is 19.1 Å². The van der Waals surface area contributed by atoms with Gasteiger partial charge in [0, 0.05) is 13.2 Å². The van der Waals surface area contributed by atoms with Gasteiger partial charge >= 0.3 is 5.97 Å². The first-order valence-electron chi connectivity index (χ1n) is 7.01. The van der Waals surface area contributed by atoms with E-state index >= 15 is 0 Å². The van der Waals surface area contributed by atoms with Gasteiger partial charge in [-0.25, -0.2) is 4.79 Å². The summed E-state index contributed by atoms with van der Waals surface area (Å²) in [6, 6.07) is 0. The van der Waals surface area contributed by atoms with Crippen molar-refractivity contribution in [3.8, 4) is 5.75 Å². The fraction of sp³-hybridized carbons (Fsp3) is 0.500. The van der Waals surface area contributed by atoms with Crippen molar-refractivity contribution in [2.45, 2.75) is 19.8 Å². The monoisotopic (exact) mass is 309 g/mol. The van der Waals surface area contributed by atoms with Crippen LogP contribution in [0.15, 0.2) is 11.0 Å². The van der Waals surface area contributed by atoms with Crippen molar-refractivity contribution in [3.63, 3.8) is 0 Å². The SMILES string of the molecule is CCCCOc1c2n(cc(C(=O)OC)c1=O)NCN(C)C2=O. The minimum absolute atomic E-state index is 0.0857. The van der Waals surface area contributed by atoms with Crippen molar-refractivity contribution in [2.24, 2.45) is 0 Å². The zero-order chi connectivity index (χ0) is 16.3. The van der Waals surface area contributed by atoms with Crippen LogP contribution in [-0.4, -0.2) is 48.9 Å². The van der Waals surface area contributed by atoms with Gasteiger partial charge in [-0.1, -0.05) is 13.3 Å². The number of esters is 1. The molecule has 120 valence electrons. The molecule has 0 aromatic carbocycles. The lowest BCUT2D eigenvalue weighted by Crippen LogP contribution is -2.45. The molecule has 0 saturated carbocycles. The Morgan fingerprint density at radius 1 is 1.41 bits per heavy atom. The molecule has 22 heavy (non-hydrogen) atoms. The van der Waals surface area contributed by atoms with Gasteiger partial charge in [-0.3, -0.25) is 14.3 Å². The Morgan fingerprint density at radius 2 is 2.14 bits per heavy atom. The third-order valence-corrected chi connectivity index (χ3v) is 3.34. The Bertz CT molecular complexity index is 653. The molecule has 0 aliphatic carbocycles. The van der Waals surface area contributed by atoms with Gasteiger partial charge in [-0.15, -0.1) is 0 Å². The summed E-state index contributed by atoms with van der Waals surface area (Å²) in [5.74, 6) is -1.24. The summed E-state index contributed by atoms with van der Waals surface area (Å²) in [7, 11) is 2.79. The highest BCUT2D eigenvalue weighted by Gasteiger charge is 2.30. The highest BCUT2D eigenvalue weighted by molar-refractivity contribution is 5.98. The number of hydrogen-bond acceptors (Lipinski definition) is 6. The summed E-state index contributed by atoms with van der Waals surface area (Å²) in [4.78, 5) is 37.9. The maximum Gasteiger partial charge on any atom is 0.343 e. The molecule has 1 aliphatic heterocycles. The van der Waals surface area contributed by atoms with E-state index < -0.39 is 11.4 Å². The zero-order valence-electron chi connectivity index (χ0n) is 12.8. The number of nitrogens with one attached hydrogen (secondary N) is 1. The second kappa shape index (κ2) is 6.50. The van der Waals surface area contributed by atoms with Gasteiger partial charge in [0.1, 0.15) is 12.2 Å². The summed E-state index contributed by atoms with van der Waals surface area (Å²) in [5, 5.41) is 0. The minimum Gasteiger partial charge on any atom is -0.487 e. The molecule has 2 rings (SSSR count). The smallest absolute Gasteiger partial charge is 0.343 e. The maximum absolute atomic E-state index is 12.4. The fourth-order valence-electron chi connectivity index (χ4n) is 2.06. The number of carbonyl (C=O) groups excluding carboxylic acids is 2. The Kier molecular flexibility index (Phi) is 4.69. The highest BCUT2D eigenvalue weighted by atomic mass is 16.5. The molecular formula is C14H19N3O5. The van der Waals surface area contributed by atoms with E-state index in [9.17, 15) is 14.4 Å². The number of nitrogens with zero attached hydrogens (tertiary/aromatic N) is 2. The molecule has 0 fully saturated rings. The van der Waals surface area contributed by atoms with Crippen LogP contribution in [0.2, 0.25) is 0 Å². The van der Waals surface area contributed by atoms with Crippen LogP contribution in [-0.2, 0) is 4.74 Å².